The number of hydrogen-bond donors (Lipinski definition) is 2. The van der Waals surface area contributed by atoms with Crippen molar-refractivity contribution in [2.24, 2.45) is 0 Å². The Hall–Kier alpha value is -0.890. The van der Waals surface area contributed by atoms with E-state index in [0.717, 1.165) is 5.56 Å². The van der Waals surface area contributed by atoms with E-state index in [0.29, 0.717) is 20.9 Å². The molecule has 0 amide bonds. The lowest BCUT2D eigenvalue weighted by Crippen LogP contribution is -2.12. The first-order chi connectivity index (χ1) is 9.03. The number of thiophene rings is 1. The molecule has 0 saturated heterocycles. The molecule has 2 rings (SSSR count). The van der Waals surface area contributed by atoms with Crippen molar-refractivity contribution in [1.82, 2.24) is 5.32 Å². The minimum Gasteiger partial charge on any atom is -0.316 e. The molecule has 19 heavy (non-hydrogen) atoms. The molecule has 0 bridgehead atoms. The van der Waals surface area contributed by atoms with Gasteiger partial charge < -0.3 is 5.32 Å². The van der Waals surface area contributed by atoms with Gasteiger partial charge in [0, 0.05) is 11.0 Å². The summed E-state index contributed by atoms with van der Waals surface area (Å²) in [5.41, 5.74) is 1.49. The van der Waals surface area contributed by atoms with Gasteiger partial charge in [0.2, 0.25) is 0 Å². The molecule has 2 N–H and O–H groups in total. The minimum atomic E-state index is -3.52. The van der Waals surface area contributed by atoms with Crippen LogP contribution in [0.15, 0.2) is 44.4 Å². The van der Waals surface area contributed by atoms with Gasteiger partial charge in [-0.15, -0.1) is 11.3 Å². The first-order valence-electron chi connectivity index (χ1n) is 5.52. The molecular weight excluding hydrogens is 348 g/mol. The summed E-state index contributed by atoms with van der Waals surface area (Å²) in [6, 6.07) is 8.80. The van der Waals surface area contributed by atoms with Crippen LogP contribution < -0.4 is 10.0 Å². The average Bonchev–Trinajstić information content (AvgIpc) is 2.82. The van der Waals surface area contributed by atoms with Gasteiger partial charge in [-0.3, -0.25) is 4.72 Å². The summed E-state index contributed by atoms with van der Waals surface area (Å²) in [6.07, 6.45) is 0. The monoisotopic (exact) mass is 360 g/mol. The number of rotatable bonds is 5. The van der Waals surface area contributed by atoms with Crippen LogP contribution in [0.5, 0.6) is 0 Å². The third-order valence-electron chi connectivity index (χ3n) is 2.39. The molecule has 1 aromatic heterocycles. The van der Waals surface area contributed by atoms with Crippen LogP contribution in [0.2, 0.25) is 0 Å². The SMILES string of the molecule is CNCc1csc(S(=O)(=O)Nc2ccccc2Br)c1. The van der Waals surface area contributed by atoms with Crippen LogP contribution in [-0.2, 0) is 16.6 Å². The Bertz CT molecular complexity index is 668. The summed E-state index contributed by atoms with van der Waals surface area (Å²) >= 11 is 4.53. The third kappa shape index (κ3) is 3.56. The lowest BCUT2D eigenvalue weighted by atomic mass is 10.3. The molecule has 4 nitrogen and oxygen atoms in total. The van der Waals surface area contributed by atoms with E-state index in [1.165, 1.54) is 11.3 Å². The first-order valence-corrected chi connectivity index (χ1v) is 8.68. The van der Waals surface area contributed by atoms with Crippen molar-refractivity contribution in [2.45, 2.75) is 10.8 Å². The maximum atomic E-state index is 12.2. The molecule has 102 valence electrons. The van der Waals surface area contributed by atoms with Crippen LogP contribution in [0.25, 0.3) is 0 Å². The van der Waals surface area contributed by atoms with E-state index in [-0.39, 0.29) is 0 Å². The van der Waals surface area contributed by atoms with Gasteiger partial charge in [-0.2, -0.15) is 0 Å². The largest absolute Gasteiger partial charge is 0.316 e. The zero-order chi connectivity index (χ0) is 13.9. The van der Waals surface area contributed by atoms with E-state index >= 15 is 0 Å². The lowest BCUT2D eigenvalue weighted by molar-refractivity contribution is 0.603. The Morgan fingerprint density at radius 2 is 2.05 bits per heavy atom. The highest BCUT2D eigenvalue weighted by atomic mass is 79.9. The fourth-order valence-corrected chi connectivity index (χ4v) is 4.33. The zero-order valence-electron chi connectivity index (χ0n) is 10.2. The van der Waals surface area contributed by atoms with Crippen LogP contribution in [0.3, 0.4) is 0 Å². The van der Waals surface area contributed by atoms with E-state index in [4.69, 9.17) is 0 Å². The van der Waals surface area contributed by atoms with Gasteiger partial charge >= 0.3 is 0 Å². The van der Waals surface area contributed by atoms with E-state index < -0.39 is 10.0 Å². The van der Waals surface area contributed by atoms with Gasteiger partial charge in [-0.25, -0.2) is 8.42 Å². The molecular formula is C12H13BrN2O2S2. The predicted octanol–water partition coefficient (Wildman–Crippen LogP) is 3.03. The summed E-state index contributed by atoms with van der Waals surface area (Å²) in [7, 11) is -1.70. The molecule has 0 radical (unpaired) electrons. The molecule has 0 aliphatic heterocycles. The highest BCUT2D eigenvalue weighted by Crippen LogP contribution is 2.27. The number of halogens is 1. The molecule has 1 heterocycles. The minimum absolute atomic E-state index is 0.313. The van der Waals surface area contributed by atoms with E-state index in [2.05, 4.69) is 26.0 Å². The van der Waals surface area contributed by atoms with Crippen molar-refractivity contribution < 1.29 is 8.42 Å². The van der Waals surface area contributed by atoms with Crippen LogP contribution in [0.4, 0.5) is 5.69 Å². The fraction of sp³-hybridized carbons (Fsp3) is 0.167. The van der Waals surface area contributed by atoms with Crippen molar-refractivity contribution in [3.8, 4) is 0 Å². The second-order valence-corrected chi connectivity index (χ2v) is 7.56. The Kier molecular flexibility index (Phi) is 4.62. The number of para-hydroxylation sites is 1. The summed E-state index contributed by atoms with van der Waals surface area (Å²) in [5, 5.41) is 4.83. The van der Waals surface area contributed by atoms with Crippen LogP contribution >= 0.6 is 27.3 Å². The van der Waals surface area contributed by atoms with Crippen molar-refractivity contribution in [1.29, 1.82) is 0 Å². The third-order valence-corrected chi connectivity index (χ3v) is 5.94. The smallest absolute Gasteiger partial charge is 0.271 e. The standard InChI is InChI=1S/C12H13BrN2O2S2/c1-14-7-9-6-12(18-8-9)19(16,17)15-11-5-3-2-4-10(11)13/h2-6,8,14-15H,7H2,1H3. The number of hydrogen-bond acceptors (Lipinski definition) is 4. The number of sulfonamides is 1. The van der Waals surface area contributed by atoms with Crippen molar-refractivity contribution in [2.75, 3.05) is 11.8 Å². The van der Waals surface area contributed by atoms with Crippen LogP contribution in [0, 0.1) is 0 Å². The maximum Gasteiger partial charge on any atom is 0.271 e. The van der Waals surface area contributed by atoms with Crippen LogP contribution in [0.1, 0.15) is 5.56 Å². The van der Waals surface area contributed by atoms with Gasteiger partial charge in [-0.05, 0) is 52.1 Å². The molecule has 7 heteroatoms. The topological polar surface area (TPSA) is 58.2 Å². The van der Waals surface area contributed by atoms with Gasteiger partial charge in [0.15, 0.2) is 0 Å². The first kappa shape index (κ1) is 14.5. The molecule has 0 aliphatic carbocycles. The Morgan fingerprint density at radius 1 is 1.32 bits per heavy atom. The molecule has 0 atom stereocenters. The van der Waals surface area contributed by atoms with Gasteiger partial charge in [0.05, 0.1) is 5.69 Å². The fourth-order valence-electron chi connectivity index (χ4n) is 1.53. The molecule has 0 saturated carbocycles. The lowest BCUT2D eigenvalue weighted by Gasteiger charge is -2.07. The van der Waals surface area contributed by atoms with E-state index in [1.807, 2.05) is 18.5 Å². The number of anilines is 1. The average molecular weight is 361 g/mol. The van der Waals surface area contributed by atoms with Gasteiger partial charge in [-0.1, -0.05) is 12.1 Å². The van der Waals surface area contributed by atoms with Crippen LogP contribution in [-0.4, -0.2) is 15.5 Å². The second kappa shape index (κ2) is 6.04. The molecule has 2 aromatic rings. The van der Waals surface area contributed by atoms with Gasteiger partial charge in [0.1, 0.15) is 4.21 Å². The summed E-state index contributed by atoms with van der Waals surface area (Å²) in [4.78, 5) is 0. The second-order valence-electron chi connectivity index (χ2n) is 3.89. The summed E-state index contributed by atoms with van der Waals surface area (Å²) in [6.45, 7) is 0.654. The summed E-state index contributed by atoms with van der Waals surface area (Å²) in [5.74, 6) is 0. The maximum absolute atomic E-state index is 12.2. The van der Waals surface area contributed by atoms with Crippen molar-refractivity contribution >= 4 is 43.0 Å². The normalized spacial score (nSPS) is 11.5. The number of benzene rings is 1. The molecule has 0 unspecified atom stereocenters. The zero-order valence-corrected chi connectivity index (χ0v) is 13.4. The molecule has 1 aromatic carbocycles. The molecule has 0 spiro atoms. The van der Waals surface area contributed by atoms with Gasteiger partial charge in [0.25, 0.3) is 10.0 Å². The highest BCUT2D eigenvalue weighted by molar-refractivity contribution is 9.10. The summed E-state index contributed by atoms with van der Waals surface area (Å²) < 4.78 is 28.1. The number of nitrogens with one attached hydrogen (secondary N) is 2. The Labute approximate surface area is 125 Å². The Balaban J connectivity index is 2.25. The molecule has 0 fully saturated rings. The van der Waals surface area contributed by atoms with E-state index in [1.54, 1.807) is 24.3 Å². The van der Waals surface area contributed by atoms with Crippen molar-refractivity contribution in [3.05, 3.63) is 45.7 Å². The van der Waals surface area contributed by atoms with E-state index in [9.17, 15) is 8.42 Å². The van der Waals surface area contributed by atoms with Crippen molar-refractivity contribution in [3.63, 3.8) is 0 Å². The highest BCUT2D eigenvalue weighted by Gasteiger charge is 2.17. The predicted molar refractivity (Wildman–Crippen MR) is 82.0 cm³/mol. The Morgan fingerprint density at radius 3 is 2.74 bits per heavy atom. The quantitative estimate of drug-likeness (QED) is 0.861. The molecule has 0 aliphatic rings.